The first-order valence-corrected chi connectivity index (χ1v) is 48.6. The molecule has 0 radical (unpaired) electrons. The number of Topliss-reactive ketones (excluding diaryl/α,β-unsaturated/α-hetero) is 2. The number of nitrogens with one attached hydrogen (secondary N) is 6. The van der Waals surface area contributed by atoms with Crippen LogP contribution in [0.2, 0.25) is 0 Å². The monoisotopic (exact) mass is 1860 g/mol. The van der Waals surface area contributed by atoms with Crippen LogP contribution in [0.25, 0.3) is 10.4 Å². The van der Waals surface area contributed by atoms with Gasteiger partial charge in [-0.3, -0.25) is 59.0 Å². The van der Waals surface area contributed by atoms with E-state index in [1.807, 2.05) is 112 Å². The van der Waals surface area contributed by atoms with Gasteiger partial charge >= 0.3 is 12.2 Å². The number of rotatable bonds is 59. The predicted molar refractivity (Wildman–Crippen MR) is 501 cm³/mol. The Morgan fingerprint density at radius 3 is 1.28 bits per heavy atom. The van der Waals surface area contributed by atoms with Gasteiger partial charge in [0.05, 0.1) is 38.5 Å². The second-order valence-corrected chi connectivity index (χ2v) is 36.4. The molecule has 2 aliphatic heterocycles. The molecule has 2 aliphatic rings. The van der Waals surface area contributed by atoms with Crippen LogP contribution < -0.4 is 38.1 Å². The van der Waals surface area contributed by atoms with Crippen LogP contribution in [0.5, 0.6) is 0 Å². The van der Waals surface area contributed by atoms with E-state index < -0.39 is 83.8 Å². The third-order valence-corrected chi connectivity index (χ3v) is 25.7. The molecule has 2 aromatic carbocycles. The predicted octanol–water partition coefficient (Wildman–Crippen LogP) is 13.5. The van der Waals surface area contributed by atoms with E-state index in [9.17, 15) is 47.9 Å². The van der Waals surface area contributed by atoms with Crippen LogP contribution in [-0.4, -0.2) is 245 Å². The normalized spacial score (nSPS) is 16.9. The number of nitrogens with two attached hydrogens (primary N) is 1. The second-order valence-electron chi connectivity index (χ2n) is 34.6. The zero-order chi connectivity index (χ0) is 95.5. The van der Waals surface area contributed by atoms with E-state index in [0.717, 1.165) is 88.4 Å². The fourth-order valence-corrected chi connectivity index (χ4v) is 17.6. The molecular formula is C94H152N16O18S2. The van der Waals surface area contributed by atoms with Crippen LogP contribution >= 0.6 is 22.7 Å². The van der Waals surface area contributed by atoms with Gasteiger partial charge in [-0.1, -0.05) is 175 Å². The van der Waals surface area contributed by atoms with E-state index >= 15 is 0 Å². The van der Waals surface area contributed by atoms with E-state index in [4.69, 9.17) is 59.1 Å². The highest BCUT2D eigenvalue weighted by atomic mass is 32.1. The highest BCUT2D eigenvalue weighted by molar-refractivity contribution is 7.10. The van der Waals surface area contributed by atoms with Gasteiger partial charge in [0, 0.05) is 129 Å². The van der Waals surface area contributed by atoms with E-state index in [-0.39, 0.29) is 161 Å². The Morgan fingerprint density at radius 1 is 0.523 bits per heavy atom. The summed E-state index contributed by atoms with van der Waals surface area (Å²) in [4.78, 5) is 156. The molecule has 4 aromatic rings. The summed E-state index contributed by atoms with van der Waals surface area (Å²) in [7, 11) is 4.00. The summed E-state index contributed by atoms with van der Waals surface area (Å²) in [6, 6.07) is 17.3. The standard InChI is InChI=1S/C47H75N9O9S.C47H77N7O9S/c1-9-22-64-42(29-40(32(4)5)56(31-62-11-3)46(60)37(33(6)10-2)28-41(57)39-19-15-16-21-55(39)8)45-51-38(30-66-45)44(59)50-36(27-35-17-13-12-14-18-35)26-34(7)43(58)52-53-47(61)65-25-24-63-23-20-49-54-48;1-9-22-62-42(29-40(32(4)5)54(31-60-11-3)46(58)37(33(6)10-2)28-41(55)39-19-15-16-21-53(39)8)45-50-38(30-64-45)44(57)49-36(27-35-17-13-12-14-18-35)26-34(7)43(56)51-52-47(59)63-25-24-61-23-20-48/h12-14,17-18,30,32-34,36-37,39-40,42H,9-11,15-16,19-29,31H2,1-8H3,(H,50,59)(H,52,58)(H,53,61);12-14,17-18,30,32-34,36-37,39-40,42H,9-11,15-16,19-29,31,48H2,1-8H3,(H,49,57)(H,51,56)(H,52,59)/t2*33-,34-,36+,37-,39+,40+,42+/m00/s1. The Kier molecular flexibility index (Phi) is 54.0. The molecule has 0 bridgehead atoms. The molecule has 0 saturated carbocycles. The molecule has 2 aromatic heterocycles. The van der Waals surface area contributed by atoms with Gasteiger partial charge in [-0.15, -0.1) is 22.7 Å². The Morgan fingerprint density at radius 2 is 0.923 bits per heavy atom. The molecule has 0 unspecified atom stereocenters. The molecule has 130 heavy (non-hydrogen) atoms. The molecule has 34 nitrogen and oxygen atoms in total. The van der Waals surface area contributed by atoms with Gasteiger partial charge < -0.3 is 64.1 Å². The Balaban J connectivity index is 0.000000461. The Hall–Kier alpha value is -8.65. The van der Waals surface area contributed by atoms with Gasteiger partial charge in [0.25, 0.3) is 11.8 Å². The van der Waals surface area contributed by atoms with Gasteiger partial charge in [-0.25, -0.2) is 30.4 Å². The number of piperidine rings is 2. The molecule has 36 heteroatoms. The molecule has 8 amide bonds. The Labute approximate surface area is 778 Å². The summed E-state index contributed by atoms with van der Waals surface area (Å²) in [6.45, 7) is 32.6. The maximum atomic E-state index is 14.8. The lowest BCUT2D eigenvalue weighted by Gasteiger charge is -2.39. The smallest absolute Gasteiger partial charge is 0.426 e. The number of nitrogens with zero attached hydrogens (tertiary/aromatic N) is 9. The van der Waals surface area contributed by atoms with E-state index in [1.165, 1.54) is 22.7 Å². The van der Waals surface area contributed by atoms with Crippen molar-refractivity contribution in [3.63, 3.8) is 0 Å². The van der Waals surface area contributed by atoms with Gasteiger partial charge in [0.2, 0.25) is 23.6 Å². The SMILES string of the molecule is CCCO[C@H](C[C@H](C(C)C)N(COCC)C(=O)[C@@H](CC(=O)[C@H]1CCCCN1C)[C@@H](C)CC)c1nc(C(=O)N[C@@H](Cc2ccccc2)C[C@H](C)C(=O)NNC(=O)OCCOCCN)cs1.CCCO[C@H](C[C@H](C(C)C)N(COCC)C(=O)[C@@H](CC(=O)[C@H]1CCCCN1C)[C@@H](C)CC)c1nc(C(=O)N[C@@H](Cc2ccccc2)C[C@H](C)C(=O)NNC(=O)OCCOCCN=[N+]=[N-])cs1. The second kappa shape index (κ2) is 62.7. The number of hydrogen-bond acceptors (Lipinski definition) is 26. The average Bonchev–Trinajstić information content (AvgIpc) is 1.09. The number of ether oxygens (including phenoxy) is 8. The van der Waals surface area contributed by atoms with Crippen molar-refractivity contribution in [2.24, 2.45) is 58.2 Å². The topological polar surface area (TPSA) is 430 Å². The number of azide groups is 1. The largest absolute Gasteiger partial charge is 0.446 e. The van der Waals surface area contributed by atoms with E-state index in [0.29, 0.717) is 75.3 Å². The van der Waals surface area contributed by atoms with E-state index in [1.54, 1.807) is 24.6 Å². The minimum absolute atomic E-state index is 0.00234. The fraction of sp³-hybridized carbons (Fsp3) is 0.702. The average molecular weight is 1860 g/mol. The molecule has 2 fully saturated rings. The molecule has 2 saturated heterocycles. The third-order valence-electron chi connectivity index (χ3n) is 23.9. The van der Waals surface area contributed by atoms with Crippen molar-refractivity contribution in [2.75, 3.05) is 120 Å². The zero-order valence-corrected chi connectivity index (χ0v) is 81.6. The highest BCUT2D eigenvalue weighted by Crippen LogP contribution is 2.37. The Bertz CT molecular complexity index is 4030. The summed E-state index contributed by atoms with van der Waals surface area (Å²) >= 11 is 2.64. The number of benzene rings is 2. The summed E-state index contributed by atoms with van der Waals surface area (Å²) in [5.41, 5.74) is 25.3. The number of amides is 8. The van der Waals surface area contributed by atoms with Crippen LogP contribution in [-0.2, 0) is 79.5 Å². The number of ketones is 2. The number of hydrogen-bond donors (Lipinski definition) is 7. The lowest BCUT2D eigenvalue weighted by atomic mass is 9.82. The molecule has 8 N–H and O–H groups in total. The van der Waals surface area contributed by atoms with Crippen LogP contribution in [0.15, 0.2) is 76.5 Å². The lowest BCUT2D eigenvalue weighted by Crippen LogP contribution is -2.50. The van der Waals surface area contributed by atoms with Crippen LogP contribution in [0.4, 0.5) is 9.59 Å². The van der Waals surface area contributed by atoms with Crippen molar-refractivity contribution in [3.05, 3.63) is 114 Å². The molecular weight excluding hydrogens is 1710 g/mol. The maximum absolute atomic E-state index is 14.8. The minimum Gasteiger partial charge on any atom is -0.446 e. The molecule has 728 valence electrons. The molecule has 0 spiro atoms. The summed E-state index contributed by atoms with van der Waals surface area (Å²) in [5.74, 6) is -4.00. The number of carbonyl (C=O) groups excluding carboxylic acids is 10. The maximum Gasteiger partial charge on any atom is 0.426 e. The van der Waals surface area contributed by atoms with Crippen molar-refractivity contribution in [1.82, 2.24) is 61.9 Å². The van der Waals surface area contributed by atoms with Crippen molar-refractivity contribution in [1.29, 1.82) is 0 Å². The lowest BCUT2D eigenvalue weighted by molar-refractivity contribution is -0.152. The van der Waals surface area contributed by atoms with Crippen molar-refractivity contribution < 1.29 is 85.8 Å². The van der Waals surface area contributed by atoms with Crippen LogP contribution in [0, 0.1) is 47.3 Å². The number of hydrazine groups is 2. The van der Waals surface area contributed by atoms with Crippen molar-refractivity contribution in [3.8, 4) is 0 Å². The molecule has 4 heterocycles. The summed E-state index contributed by atoms with van der Waals surface area (Å²) in [6.07, 6.45) is 8.54. The van der Waals surface area contributed by atoms with Gasteiger partial charge in [-0.05, 0) is 146 Å². The zero-order valence-electron chi connectivity index (χ0n) is 80.0. The number of thiazole rings is 2. The van der Waals surface area contributed by atoms with Crippen LogP contribution in [0.1, 0.15) is 254 Å². The van der Waals surface area contributed by atoms with Gasteiger partial charge in [0.15, 0.2) is 11.6 Å². The van der Waals surface area contributed by atoms with Crippen molar-refractivity contribution >= 4 is 81.9 Å². The fourth-order valence-electron chi connectivity index (χ4n) is 15.9. The summed E-state index contributed by atoms with van der Waals surface area (Å²) in [5, 5.41) is 14.2. The van der Waals surface area contributed by atoms with Gasteiger partial charge in [0.1, 0.15) is 60.3 Å². The van der Waals surface area contributed by atoms with Crippen molar-refractivity contribution in [2.45, 2.75) is 261 Å². The number of likely N-dealkylation sites (N-methyl/N-ethyl adjacent to an activating group) is 2. The van der Waals surface area contributed by atoms with Gasteiger partial charge in [-0.2, -0.15) is 0 Å². The molecule has 0 aliphatic carbocycles. The number of carbonyl (C=O) groups is 10. The van der Waals surface area contributed by atoms with Crippen LogP contribution in [0.3, 0.4) is 0 Å². The highest BCUT2D eigenvalue weighted by Gasteiger charge is 2.42. The minimum atomic E-state index is -0.873. The van der Waals surface area contributed by atoms with E-state index in [2.05, 4.69) is 108 Å². The molecule has 6 rings (SSSR count). The third kappa shape index (κ3) is 39.6. The first kappa shape index (κ1) is 112. The number of aromatic nitrogens is 2. The quantitative estimate of drug-likeness (QED) is 0.00539. The first-order chi connectivity index (χ1) is 62.5. The number of likely N-dealkylation sites (tertiary alicyclic amines) is 2. The molecule has 14 atom stereocenters. The first-order valence-electron chi connectivity index (χ1n) is 46.8. The summed E-state index contributed by atoms with van der Waals surface area (Å²) < 4.78 is 45.3.